The molecule has 2 amide bonds. The first-order valence-corrected chi connectivity index (χ1v) is 6.78. The van der Waals surface area contributed by atoms with Crippen LogP contribution in [0.25, 0.3) is 0 Å². The highest BCUT2D eigenvalue weighted by atomic mass is 32.2. The maximum Gasteiger partial charge on any atom is 0.339 e. The summed E-state index contributed by atoms with van der Waals surface area (Å²) in [5.41, 5.74) is 2.61. The molecule has 0 bridgehead atoms. The lowest BCUT2D eigenvalue weighted by atomic mass is 10.3. The van der Waals surface area contributed by atoms with E-state index in [0.717, 1.165) is 11.9 Å². The van der Waals surface area contributed by atoms with Crippen LogP contribution >= 0.6 is 11.9 Å². The third kappa shape index (κ3) is 4.08. The quantitative estimate of drug-likeness (QED) is 0.492. The highest BCUT2D eigenvalue weighted by molar-refractivity contribution is 7.98. The van der Waals surface area contributed by atoms with E-state index in [1.165, 1.54) is 6.07 Å². The van der Waals surface area contributed by atoms with Crippen LogP contribution in [-0.2, 0) is 4.74 Å². The molecule has 0 saturated carbocycles. The van der Waals surface area contributed by atoms with E-state index in [0.29, 0.717) is 31.2 Å². The standard InChI is InChI=1S/C11H14N4O4S/c16-11(12-14-5-7-19-8-6-14)13-20-10-4-2-1-3-9(10)15(17)18/h1-4H,5-8H2,(H2,12,13,16). The summed E-state index contributed by atoms with van der Waals surface area (Å²) < 4.78 is 7.68. The molecule has 0 unspecified atom stereocenters. The number of nitro benzene ring substituents is 1. The Bertz CT molecular complexity index is 493. The zero-order chi connectivity index (χ0) is 14.4. The predicted octanol–water partition coefficient (Wildman–Crippen LogP) is 1.15. The Morgan fingerprint density at radius 1 is 1.35 bits per heavy atom. The van der Waals surface area contributed by atoms with Crippen molar-refractivity contribution in [3.05, 3.63) is 34.4 Å². The molecular weight excluding hydrogens is 284 g/mol. The van der Waals surface area contributed by atoms with Crippen molar-refractivity contribution in [1.29, 1.82) is 0 Å². The van der Waals surface area contributed by atoms with E-state index in [1.807, 2.05) is 0 Å². The second kappa shape index (κ2) is 7.08. The molecule has 2 rings (SSSR count). The Labute approximate surface area is 119 Å². The Kier molecular flexibility index (Phi) is 5.16. The molecule has 1 aliphatic heterocycles. The number of carbonyl (C=O) groups is 1. The number of hydrazine groups is 1. The molecule has 1 saturated heterocycles. The van der Waals surface area contributed by atoms with Gasteiger partial charge in [-0.1, -0.05) is 12.1 Å². The van der Waals surface area contributed by atoms with Crippen LogP contribution in [0.15, 0.2) is 29.2 Å². The zero-order valence-electron chi connectivity index (χ0n) is 10.6. The van der Waals surface area contributed by atoms with E-state index in [4.69, 9.17) is 4.74 Å². The molecule has 0 aromatic heterocycles. The van der Waals surface area contributed by atoms with E-state index >= 15 is 0 Å². The van der Waals surface area contributed by atoms with Gasteiger partial charge in [0.15, 0.2) is 0 Å². The molecule has 108 valence electrons. The number of hydrogen-bond donors (Lipinski definition) is 2. The lowest BCUT2D eigenvalue weighted by Gasteiger charge is -2.26. The average molecular weight is 298 g/mol. The number of benzene rings is 1. The molecule has 1 aliphatic rings. The minimum atomic E-state index is -0.482. The number of morpholine rings is 1. The third-order valence-corrected chi connectivity index (χ3v) is 3.44. The van der Waals surface area contributed by atoms with Crippen molar-refractivity contribution in [3.63, 3.8) is 0 Å². The van der Waals surface area contributed by atoms with Crippen molar-refractivity contribution in [2.75, 3.05) is 26.3 Å². The lowest BCUT2D eigenvalue weighted by molar-refractivity contribution is -0.387. The molecule has 8 nitrogen and oxygen atoms in total. The molecule has 0 spiro atoms. The first-order valence-electron chi connectivity index (χ1n) is 5.96. The zero-order valence-corrected chi connectivity index (χ0v) is 11.4. The number of ether oxygens (including phenoxy) is 1. The molecule has 0 atom stereocenters. The number of amides is 2. The van der Waals surface area contributed by atoms with Crippen LogP contribution in [0.5, 0.6) is 0 Å². The molecule has 0 radical (unpaired) electrons. The summed E-state index contributed by atoms with van der Waals surface area (Å²) >= 11 is 0.910. The number of carbonyl (C=O) groups excluding carboxylic acids is 1. The van der Waals surface area contributed by atoms with Crippen molar-refractivity contribution in [3.8, 4) is 0 Å². The number of nitro groups is 1. The summed E-state index contributed by atoms with van der Waals surface area (Å²) in [6.07, 6.45) is 0. The van der Waals surface area contributed by atoms with Crippen LogP contribution in [0.2, 0.25) is 0 Å². The molecule has 20 heavy (non-hydrogen) atoms. The van der Waals surface area contributed by atoms with Crippen molar-refractivity contribution in [2.24, 2.45) is 0 Å². The summed E-state index contributed by atoms with van der Waals surface area (Å²) in [7, 11) is 0. The number of hydrogen-bond acceptors (Lipinski definition) is 6. The Balaban J connectivity index is 1.85. The molecule has 1 aromatic carbocycles. The van der Waals surface area contributed by atoms with Gasteiger partial charge in [-0.2, -0.15) is 0 Å². The van der Waals surface area contributed by atoms with Crippen molar-refractivity contribution in [1.82, 2.24) is 15.2 Å². The van der Waals surface area contributed by atoms with E-state index < -0.39 is 11.0 Å². The maximum absolute atomic E-state index is 11.7. The fourth-order valence-electron chi connectivity index (χ4n) is 1.64. The summed E-state index contributed by atoms with van der Waals surface area (Å²) in [6, 6.07) is 5.81. The second-order valence-electron chi connectivity index (χ2n) is 3.97. The van der Waals surface area contributed by atoms with Crippen LogP contribution in [0, 0.1) is 10.1 Å². The first-order chi connectivity index (χ1) is 9.66. The number of para-hydroxylation sites is 1. The normalized spacial score (nSPS) is 15.6. The number of urea groups is 1. The van der Waals surface area contributed by atoms with Gasteiger partial charge in [-0.25, -0.2) is 9.80 Å². The van der Waals surface area contributed by atoms with Gasteiger partial charge in [-0.3, -0.25) is 20.3 Å². The third-order valence-electron chi connectivity index (χ3n) is 2.59. The highest BCUT2D eigenvalue weighted by Gasteiger charge is 2.16. The summed E-state index contributed by atoms with van der Waals surface area (Å²) in [5.74, 6) is 0. The van der Waals surface area contributed by atoms with E-state index in [-0.39, 0.29) is 5.69 Å². The number of nitrogens with zero attached hydrogens (tertiary/aromatic N) is 2. The smallest absolute Gasteiger partial charge is 0.339 e. The van der Waals surface area contributed by atoms with Crippen LogP contribution in [0.1, 0.15) is 0 Å². The number of nitrogens with one attached hydrogen (secondary N) is 2. The van der Waals surface area contributed by atoms with E-state index in [1.54, 1.807) is 23.2 Å². The summed E-state index contributed by atoms with van der Waals surface area (Å²) in [5, 5.41) is 12.6. The largest absolute Gasteiger partial charge is 0.379 e. The van der Waals surface area contributed by atoms with Gasteiger partial charge in [-0.05, 0) is 18.0 Å². The SMILES string of the molecule is O=C(NSc1ccccc1[N+](=O)[O-])NN1CCOCC1. The molecule has 1 heterocycles. The molecular formula is C11H14N4O4S. The molecule has 9 heteroatoms. The van der Waals surface area contributed by atoms with Gasteiger partial charge in [0.1, 0.15) is 4.90 Å². The van der Waals surface area contributed by atoms with Gasteiger partial charge in [0.2, 0.25) is 0 Å². The first kappa shape index (κ1) is 14.6. The molecule has 2 N–H and O–H groups in total. The lowest BCUT2D eigenvalue weighted by Crippen LogP contribution is -2.50. The van der Waals surface area contributed by atoms with Gasteiger partial charge in [0.05, 0.1) is 18.1 Å². The van der Waals surface area contributed by atoms with Crippen LogP contribution in [0.4, 0.5) is 10.5 Å². The molecule has 1 aromatic rings. The van der Waals surface area contributed by atoms with Gasteiger partial charge in [0, 0.05) is 19.2 Å². The van der Waals surface area contributed by atoms with Gasteiger partial charge in [0.25, 0.3) is 5.69 Å². The monoisotopic (exact) mass is 298 g/mol. The summed E-state index contributed by atoms with van der Waals surface area (Å²) in [6.45, 7) is 2.36. The van der Waals surface area contributed by atoms with Gasteiger partial charge in [-0.15, -0.1) is 0 Å². The second-order valence-corrected chi connectivity index (χ2v) is 4.82. The van der Waals surface area contributed by atoms with Gasteiger partial charge >= 0.3 is 6.03 Å². The average Bonchev–Trinajstić information content (AvgIpc) is 2.46. The van der Waals surface area contributed by atoms with Crippen LogP contribution in [-0.4, -0.2) is 42.3 Å². The van der Waals surface area contributed by atoms with Crippen LogP contribution < -0.4 is 10.1 Å². The Morgan fingerprint density at radius 2 is 2.05 bits per heavy atom. The highest BCUT2D eigenvalue weighted by Crippen LogP contribution is 2.26. The minimum absolute atomic E-state index is 0.0378. The molecule has 0 aliphatic carbocycles. The Hall–Kier alpha value is -1.84. The Morgan fingerprint density at radius 3 is 2.75 bits per heavy atom. The fraction of sp³-hybridized carbons (Fsp3) is 0.364. The van der Waals surface area contributed by atoms with E-state index in [9.17, 15) is 14.9 Å². The maximum atomic E-state index is 11.7. The van der Waals surface area contributed by atoms with Gasteiger partial charge < -0.3 is 4.74 Å². The molecule has 1 fully saturated rings. The topological polar surface area (TPSA) is 96.7 Å². The summed E-state index contributed by atoms with van der Waals surface area (Å²) in [4.78, 5) is 22.4. The van der Waals surface area contributed by atoms with Crippen molar-refractivity contribution < 1.29 is 14.5 Å². The predicted molar refractivity (Wildman–Crippen MR) is 73.0 cm³/mol. The number of rotatable bonds is 4. The fourth-order valence-corrected chi connectivity index (χ4v) is 2.28. The minimum Gasteiger partial charge on any atom is -0.379 e. The van der Waals surface area contributed by atoms with E-state index in [2.05, 4.69) is 10.1 Å². The van der Waals surface area contributed by atoms with Crippen molar-refractivity contribution >= 4 is 23.7 Å². The van der Waals surface area contributed by atoms with Crippen LogP contribution in [0.3, 0.4) is 0 Å². The van der Waals surface area contributed by atoms with Crippen molar-refractivity contribution in [2.45, 2.75) is 4.90 Å².